The highest BCUT2D eigenvalue weighted by atomic mass is 35.5. The quantitative estimate of drug-likeness (QED) is 0.807. The maximum absolute atomic E-state index is 11.7. The van der Waals surface area contributed by atoms with Gasteiger partial charge in [-0.3, -0.25) is 9.59 Å². The van der Waals surface area contributed by atoms with E-state index in [4.69, 9.17) is 23.2 Å². The minimum Gasteiger partial charge on any atom is -0.355 e. The highest BCUT2D eigenvalue weighted by molar-refractivity contribution is 6.42. The molecule has 1 atom stereocenters. The summed E-state index contributed by atoms with van der Waals surface area (Å²) in [5, 5.41) is 6.44. The molecule has 21 heavy (non-hydrogen) atoms. The highest BCUT2D eigenvalue weighted by Crippen LogP contribution is 2.22. The maximum atomic E-state index is 11.7. The van der Waals surface area contributed by atoms with Crippen LogP contribution in [0.4, 0.5) is 0 Å². The fraction of sp³-hybridized carbons (Fsp3) is 0.467. The number of hydrogen-bond acceptors (Lipinski definition) is 2. The molecule has 116 valence electrons. The van der Waals surface area contributed by atoms with Crippen LogP contribution in [0.5, 0.6) is 0 Å². The lowest BCUT2D eigenvalue weighted by Crippen LogP contribution is -2.35. The first kappa shape index (κ1) is 17.8. The van der Waals surface area contributed by atoms with Crippen LogP contribution in [-0.4, -0.2) is 24.4 Å². The summed E-state index contributed by atoms with van der Waals surface area (Å²) in [6, 6.07) is 5.23. The fourth-order valence-electron chi connectivity index (χ4n) is 1.66. The lowest BCUT2D eigenvalue weighted by atomic mass is 10.1. The molecule has 0 aromatic heterocycles. The standard InChI is InChI=1S/C15H20Cl2N2O2/c1-3-10(2)19-14(20)6-7-18-15(21)9-11-4-5-12(16)13(17)8-11/h4-5,8,10H,3,6-7,9H2,1-2H3,(H,18,21)(H,19,20). The molecule has 0 bridgehead atoms. The second-order valence-electron chi connectivity index (χ2n) is 4.90. The Kier molecular flexibility index (Phi) is 7.54. The molecular formula is C15H20Cl2N2O2. The molecule has 0 heterocycles. The molecular weight excluding hydrogens is 311 g/mol. The topological polar surface area (TPSA) is 58.2 Å². The minimum absolute atomic E-state index is 0.0563. The molecule has 0 aliphatic rings. The van der Waals surface area contributed by atoms with Crippen LogP contribution in [0, 0.1) is 0 Å². The van der Waals surface area contributed by atoms with E-state index in [0.717, 1.165) is 12.0 Å². The van der Waals surface area contributed by atoms with Crippen LogP contribution in [0.3, 0.4) is 0 Å². The Morgan fingerprint density at radius 1 is 1.19 bits per heavy atom. The number of halogens is 2. The van der Waals surface area contributed by atoms with Crippen molar-refractivity contribution in [1.29, 1.82) is 0 Å². The molecule has 2 N–H and O–H groups in total. The van der Waals surface area contributed by atoms with E-state index in [-0.39, 0.29) is 30.7 Å². The molecule has 0 aliphatic heterocycles. The van der Waals surface area contributed by atoms with Gasteiger partial charge in [0.2, 0.25) is 11.8 Å². The van der Waals surface area contributed by atoms with Gasteiger partial charge in [-0.25, -0.2) is 0 Å². The Morgan fingerprint density at radius 3 is 2.52 bits per heavy atom. The third kappa shape index (κ3) is 6.82. The van der Waals surface area contributed by atoms with Crippen molar-refractivity contribution in [2.45, 2.75) is 39.2 Å². The molecule has 4 nitrogen and oxygen atoms in total. The smallest absolute Gasteiger partial charge is 0.224 e. The van der Waals surface area contributed by atoms with Gasteiger partial charge in [-0.15, -0.1) is 0 Å². The van der Waals surface area contributed by atoms with Crippen LogP contribution in [0.15, 0.2) is 18.2 Å². The Balaban J connectivity index is 2.31. The van der Waals surface area contributed by atoms with Crippen LogP contribution in [0.2, 0.25) is 10.0 Å². The average Bonchev–Trinajstić information content (AvgIpc) is 2.42. The van der Waals surface area contributed by atoms with Gasteiger partial charge in [0, 0.05) is 19.0 Å². The summed E-state index contributed by atoms with van der Waals surface area (Å²) in [4.78, 5) is 23.3. The van der Waals surface area contributed by atoms with E-state index in [9.17, 15) is 9.59 Å². The monoisotopic (exact) mass is 330 g/mol. The van der Waals surface area contributed by atoms with E-state index >= 15 is 0 Å². The van der Waals surface area contributed by atoms with Crippen molar-refractivity contribution < 1.29 is 9.59 Å². The Hall–Kier alpha value is -1.26. The van der Waals surface area contributed by atoms with Gasteiger partial charge in [0.1, 0.15) is 0 Å². The SMILES string of the molecule is CCC(C)NC(=O)CCNC(=O)Cc1ccc(Cl)c(Cl)c1. The summed E-state index contributed by atoms with van der Waals surface area (Å²) < 4.78 is 0. The third-order valence-electron chi connectivity index (χ3n) is 3.04. The van der Waals surface area contributed by atoms with Gasteiger partial charge >= 0.3 is 0 Å². The molecule has 0 fully saturated rings. The zero-order valence-electron chi connectivity index (χ0n) is 12.2. The predicted molar refractivity (Wildman–Crippen MR) is 85.7 cm³/mol. The van der Waals surface area contributed by atoms with Crippen molar-refractivity contribution in [2.24, 2.45) is 0 Å². The zero-order valence-corrected chi connectivity index (χ0v) is 13.7. The summed E-state index contributed by atoms with van der Waals surface area (Å²) >= 11 is 11.7. The summed E-state index contributed by atoms with van der Waals surface area (Å²) in [6.45, 7) is 4.27. The van der Waals surface area contributed by atoms with Crippen LogP contribution in [0.25, 0.3) is 0 Å². The molecule has 0 radical (unpaired) electrons. The molecule has 0 spiro atoms. The van der Waals surface area contributed by atoms with E-state index in [1.165, 1.54) is 0 Å². The van der Waals surface area contributed by atoms with Crippen LogP contribution in [-0.2, 0) is 16.0 Å². The maximum Gasteiger partial charge on any atom is 0.224 e. The second kappa shape index (κ2) is 8.90. The van der Waals surface area contributed by atoms with Crippen molar-refractivity contribution in [1.82, 2.24) is 10.6 Å². The number of amides is 2. The molecule has 1 rings (SSSR count). The van der Waals surface area contributed by atoms with Crippen molar-refractivity contribution in [3.8, 4) is 0 Å². The molecule has 1 aromatic rings. The number of nitrogens with one attached hydrogen (secondary N) is 2. The molecule has 0 aliphatic carbocycles. The van der Waals surface area contributed by atoms with Crippen LogP contribution in [0.1, 0.15) is 32.3 Å². The van der Waals surface area contributed by atoms with E-state index in [0.29, 0.717) is 16.6 Å². The molecule has 1 unspecified atom stereocenters. The normalized spacial score (nSPS) is 11.8. The Morgan fingerprint density at radius 2 is 1.90 bits per heavy atom. The summed E-state index contributed by atoms with van der Waals surface area (Å²) in [7, 11) is 0. The van der Waals surface area contributed by atoms with Gasteiger partial charge in [0.25, 0.3) is 0 Å². The zero-order chi connectivity index (χ0) is 15.8. The van der Waals surface area contributed by atoms with E-state index in [1.54, 1.807) is 18.2 Å². The van der Waals surface area contributed by atoms with Gasteiger partial charge in [0.05, 0.1) is 16.5 Å². The average molecular weight is 331 g/mol. The number of carbonyl (C=O) groups is 2. The van der Waals surface area contributed by atoms with Crippen LogP contribution >= 0.6 is 23.2 Å². The molecule has 2 amide bonds. The second-order valence-corrected chi connectivity index (χ2v) is 5.72. The summed E-state index contributed by atoms with van der Waals surface area (Å²) in [5.74, 6) is -0.205. The molecule has 6 heteroatoms. The lowest BCUT2D eigenvalue weighted by Gasteiger charge is -2.11. The first-order valence-electron chi connectivity index (χ1n) is 6.92. The summed E-state index contributed by atoms with van der Waals surface area (Å²) in [6.07, 6.45) is 1.37. The fourth-order valence-corrected chi connectivity index (χ4v) is 1.98. The van der Waals surface area contributed by atoms with Crippen molar-refractivity contribution in [2.75, 3.05) is 6.54 Å². The van der Waals surface area contributed by atoms with E-state index < -0.39 is 0 Å². The van der Waals surface area contributed by atoms with Gasteiger partial charge in [-0.2, -0.15) is 0 Å². The van der Waals surface area contributed by atoms with Crippen LogP contribution < -0.4 is 10.6 Å². The van der Waals surface area contributed by atoms with Gasteiger partial charge in [-0.1, -0.05) is 36.2 Å². The Bertz CT molecular complexity index is 506. The Labute approximate surface area is 135 Å². The number of carbonyl (C=O) groups excluding carboxylic acids is 2. The van der Waals surface area contributed by atoms with E-state index in [1.807, 2.05) is 13.8 Å². The van der Waals surface area contributed by atoms with Gasteiger partial charge in [0.15, 0.2) is 0 Å². The largest absolute Gasteiger partial charge is 0.355 e. The summed E-state index contributed by atoms with van der Waals surface area (Å²) in [5.41, 5.74) is 0.783. The first-order valence-corrected chi connectivity index (χ1v) is 7.68. The van der Waals surface area contributed by atoms with Gasteiger partial charge in [-0.05, 0) is 31.0 Å². The molecule has 0 saturated heterocycles. The van der Waals surface area contributed by atoms with Crippen molar-refractivity contribution >= 4 is 35.0 Å². The lowest BCUT2D eigenvalue weighted by molar-refractivity contribution is -0.122. The van der Waals surface area contributed by atoms with Gasteiger partial charge < -0.3 is 10.6 Å². The third-order valence-corrected chi connectivity index (χ3v) is 3.78. The number of hydrogen-bond donors (Lipinski definition) is 2. The van der Waals surface area contributed by atoms with Crippen molar-refractivity contribution in [3.63, 3.8) is 0 Å². The number of benzene rings is 1. The van der Waals surface area contributed by atoms with Crippen molar-refractivity contribution in [3.05, 3.63) is 33.8 Å². The highest BCUT2D eigenvalue weighted by Gasteiger charge is 2.08. The number of rotatable bonds is 7. The predicted octanol–water partition coefficient (Wildman–Crippen LogP) is 2.96. The minimum atomic E-state index is -0.148. The molecule has 1 aromatic carbocycles. The first-order chi connectivity index (χ1) is 9.92. The van der Waals surface area contributed by atoms with E-state index in [2.05, 4.69) is 10.6 Å². The molecule has 0 saturated carbocycles.